The average molecular weight is 276 g/mol. The van der Waals surface area contributed by atoms with Gasteiger partial charge in [0.15, 0.2) is 0 Å². The molecule has 0 aromatic heterocycles. The number of hydrogen-bond acceptors (Lipinski definition) is 4. The lowest BCUT2D eigenvalue weighted by molar-refractivity contribution is 0.0537. The van der Waals surface area contributed by atoms with Gasteiger partial charge in [0.05, 0.1) is 12.2 Å². The van der Waals surface area contributed by atoms with Gasteiger partial charge >= 0.3 is 6.09 Å². The van der Waals surface area contributed by atoms with Crippen LogP contribution in [0.5, 0.6) is 5.75 Å². The minimum Gasteiger partial charge on any atom is -0.483 e. The van der Waals surface area contributed by atoms with Gasteiger partial charge in [0, 0.05) is 11.8 Å². The topological polar surface area (TPSA) is 64.8 Å². The highest BCUT2D eigenvalue weighted by Crippen LogP contribution is 2.49. The molecule has 0 saturated heterocycles. The summed E-state index contributed by atoms with van der Waals surface area (Å²) >= 11 is 0. The Bertz CT molecular complexity index is 559. The monoisotopic (exact) mass is 276 g/mol. The Morgan fingerprint density at radius 3 is 2.70 bits per heavy atom. The molecule has 1 heterocycles. The zero-order valence-corrected chi connectivity index (χ0v) is 12.1. The van der Waals surface area contributed by atoms with E-state index in [0.717, 1.165) is 18.5 Å². The molecule has 1 fully saturated rings. The second-order valence-corrected chi connectivity index (χ2v) is 6.58. The Kier molecular flexibility index (Phi) is 2.64. The smallest absolute Gasteiger partial charge is 0.415 e. The summed E-state index contributed by atoms with van der Waals surface area (Å²) in [4.78, 5) is 14.1. The molecule has 3 rings (SSSR count). The number of benzene rings is 1. The average Bonchev–Trinajstić information content (AvgIpc) is 3.04. The van der Waals surface area contributed by atoms with E-state index >= 15 is 0 Å². The third kappa shape index (κ3) is 2.40. The number of nitrogens with zero attached hydrogens (tertiary/aromatic N) is 1. The van der Waals surface area contributed by atoms with E-state index in [2.05, 4.69) is 0 Å². The summed E-state index contributed by atoms with van der Waals surface area (Å²) in [6, 6.07) is 5.35. The van der Waals surface area contributed by atoms with E-state index in [1.807, 2.05) is 26.8 Å². The predicted molar refractivity (Wildman–Crippen MR) is 77.0 cm³/mol. The van der Waals surface area contributed by atoms with Crippen LogP contribution in [-0.4, -0.2) is 23.8 Å². The van der Waals surface area contributed by atoms with Crippen LogP contribution in [0.4, 0.5) is 16.2 Å². The fourth-order valence-electron chi connectivity index (χ4n) is 2.35. The van der Waals surface area contributed by atoms with E-state index in [-0.39, 0.29) is 11.7 Å². The minimum absolute atomic E-state index is 0.238. The minimum atomic E-state index is -0.514. The summed E-state index contributed by atoms with van der Waals surface area (Å²) in [5.41, 5.74) is 6.41. The van der Waals surface area contributed by atoms with Gasteiger partial charge in [-0.25, -0.2) is 4.79 Å². The van der Waals surface area contributed by atoms with Gasteiger partial charge in [0.25, 0.3) is 0 Å². The number of fused-ring (bicyclic) bond motifs is 1. The van der Waals surface area contributed by atoms with E-state index in [4.69, 9.17) is 15.2 Å². The number of nitrogens with two attached hydrogens (primary N) is 1. The van der Waals surface area contributed by atoms with Gasteiger partial charge in [-0.2, -0.15) is 0 Å². The van der Waals surface area contributed by atoms with Gasteiger partial charge < -0.3 is 15.2 Å². The lowest BCUT2D eigenvalue weighted by Gasteiger charge is -2.36. The largest absolute Gasteiger partial charge is 0.483 e. The van der Waals surface area contributed by atoms with Crippen LogP contribution >= 0.6 is 0 Å². The molecule has 1 aliphatic heterocycles. The van der Waals surface area contributed by atoms with Crippen LogP contribution in [0, 0.1) is 0 Å². The zero-order valence-electron chi connectivity index (χ0n) is 12.1. The fourth-order valence-corrected chi connectivity index (χ4v) is 2.35. The Hall–Kier alpha value is -1.91. The second-order valence-electron chi connectivity index (χ2n) is 6.58. The van der Waals surface area contributed by atoms with E-state index in [0.29, 0.717) is 18.0 Å². The van der Waals surface area contributed by atoms with Crippen molar-refractivity contribution in [2.75, 3.05) is 17.2 Å². The molecule has 108 valence electrons. The number of carbonyl (C=O) groups excluding carboxylic acids is 1. The number of anilines is 2. The third-order valence-corrected chi connectivity index (χ3v) is 3.47. The van der Waals surface area contributed by atoms with Crippen LogP contribution < -0.4 is 15.4 Å². The Morgan fingerprint density at radius 1 is 1.40 bits per heavy atom. The van der Waals surface area contributed by atoms with Crippen molar-refractivity contribution in [1.29, 1.82) is 0 Å². The van der Waals surface area contributed by atoms with Gasteiger partial charge in [-0.15, -0.1) is 0 Å². The second kappa shape index (κ2) is 4.04. The van der Waals surface area contributed by atoms with E-state index in [9.17, 15) is 4.79 Å². The number of rotatable bonds is 0. The lowest BCUT2D eigenvalue weighted by Crippen LogP contribution is -2.47. The molecular formula is C15H20N2O3. The molecule has 1 aromatic carbocycles. The zero-order chi connectivity index (χ0) is 14.5. The van der Waals surface area contributed by atoms with Gasteiger partial charge in [0.1, 0.15) is 17.0 Å². The first-order valence-corrected chi connectivity index (χ1v) is 6.87. The fraction of sp³-hybridized carbons (Fsp3) is 0.533. The molecule has 0 unspecified atom stereocenters. The van der Waals surface area contributed by atoms with E-state index < -0.39 is 5.60 Å². The first kappa shape index (κ1) is 13.1. The number of nitrogen functional groups attached to an aromatic ring is 1. The van der Waals surface area contributed by atoms with Crippen molar-refractivity contribution in [2.45, 2.75) is 44.8 Å². The summed E-state index contributed by atoms with van der Waals surface area (Å²) in [7, 11) is 0. The first-order chi connectivity index (χ1) is 9.28. The highest BCUT2D eigenvalue weighted by Gasteiger charge is 2.51. The van der Waals surface area contributed by atoms with Gasteiger partial charge in [-0.1, -0.05) is 0 Å². The molecule has 1 aromatic rings. The van der Waals surface area contributed by atoms with Gasteiger partial charge in [-0.3, -0.25) is 4.90 Å². The first-order valence-electron chi connectivity index (χ1n) is 6.87. The van der Waals surface area contributed by atoms with Crippen LogP contribution in [0.15, 0.2) is 18.2 Å². The molecule has 20 heavy (non-hydrogen) atoms. The molecule has 2 N–H and O–H groups in total. The maximum Gasteiger partial charge on any atom is 0.415 e. The van der Waals surface area contributed by atoms with Crippen LogP contribution in [0.25, 0.3) is 0 Å². The van der Waals surface area contributed by atoms with Crippen LogP contribution in [0.1, 0.15) is 33.6 Å². The summed E-state index contributed by atoms with van der Waals surface area (Å²) in [6.45, 7) is 6.13. The summed E-state index contributed by atoms with van der Waals surface area (Å²) < 4.78 is 11.5. The summed E-state index contributed by atoms with van der Waals surface area (Å²) in [5, 5.41) is 0. The van der Waals surface area contributed by atoms with Crippen LogP contribution in [0.2, 0.25) is 0 Å². The van der Waals surface area contributed by atoms with Gasteiger partial charge in [0.2, 0.25) is 0 Å². The van der Waals surface area contributed by atoms with Gasteiger partial charge in [-0.05, 0) is 45.7 Å². The van der Waals surface area contributed by atoms with Crippen molar-refractivity contribution in [3.63, 3.8) is 0 Å². The molecule has 1 saturated carbocycles. The molecule has 0 atom stereocenters. The van der Waals surface area contributed by atoms with Crippen molar-refractivity contribution in [1.82, 2.24) is 0 Å². The van der Waals surface area contributed by atoms with Crippen molar-refractivity contribution in [3.05, 3.63) is 18.2 Å². The SMILES string of the molecule is CC(C)(C)OC(=O)N1CC2(CC2)Oc2cc(N)ccc21. The molecule has 2 aliphatic rings. The number of hydrogen-bond donors (Lipinski definition) is 1. The molecule has 1 aliphatic carbocycles. The third-order valence-electron chi connectivity index (χ3n) is 3.47. The summed E-state index contributed by atoms with van der Waals surface area (Å²) in [6.07, 6.45) is 1.58. The van der Waals surface area contributed by atoms with Crippen LogP contribution in [-0.2, 0) is 4.74 Å². The highest BCUT2D eigenvalue weighted by molar-refractivity contribution is 5.91. The Morgan fingerprint density at radius 2 is 2.10 bits per heavy atom. The maximum absolute atomic E-state index is 12.4. The number of carbonyl (C=O) groups is 1. The van der Waals surface area contributed by atoms with Crippen molar-refractivity contribution < 1.29 is 14.3 Å². The van der Waals surface area contributed by atoms with Crippen molar-refractivity contribution in [3.8, 4) is 5.75 Å². The molecule has 5 nitrogen and oxygen atoms in total. The molecular weight excluding hydrogens is 256 g/mol. The summed E-state index contributed by atoms with van der Waals surface area (Å²) in [5.74, 6) is 0.666. The predicted octanol–water partition coefficient (Wildman–Crippen LogP) is 2.94. The normalized spacial score (nSPS) is 19.2. The maximum atomic E-state index is 12.4. The molecule has 0 radical (unpaired) electrons. The Labute approximate surface area is 118 Å². The molecule has 1 amide bonds. The standard InChI is InChI=1S/C15H20N2O3/c1-14(2,3)20-13(18)17-9-15(6-7-15)19-12-8-10(16)4-5-11(12)17/h4-5,8H,6-7,9,16H2,1-3H3. The van der Waals surface area contributed by atoms with E-state index in [1.54, 1.807) is 17.0 Å². The number of ether oxygens (including phenoxy) is 2. The molecule has 0 bridgehead atoms. The van der Waals surface area contributed by atoms with E-state index in [1.165, 1.54) is 0 Å². The number of amides is 1. The Balaban J connectivity index is 1.93. The van der Waals surface area contributed by atoms with Crippen molar-refractivity contribution >= 4 is 17.5 Å². The quantitative estimate of drug-likeness (QED) is 0.740. The molecule has 1 spiro atoms. The lowest BCUT2D eigenvalue weighted by atomic mass is 10.1. The van der Waals surface area contributed by atoms with Crippen LogP contribution in [0.3, 0.4) is 0 Å². The highest BCUT2D eigenvalue weighted by atomic mass is 16.6. The van der Waals surface area contributed by atoms with Crippen molar-refractivity contribution in [2.24, 2.45) is 0 Å². The molecule has 5 heteroatoms.